The van der Waals surface area contributed by atoms with Gasteiger partial charge in [0.2, 0.25) is 0 Å². The molecule has 106 valence electrons. The van der Waals surface area contributed by atoms with Crippen LogP contribution in [-0.2, 0) is 4.74 Å². The maximum absolute atomic E-state index is 5.87. The SMILES string of the molecule is CCCOC1CCCN(c2cc(NC)nc(C)n2)C1. The highest BCUT2D eigenvalue weighted by Crippen LogP contribution is 2.21. The minimum absolute atomic E-state index is 0.335. The van der Waals surface area contributed by atoms with Crippen molar-refractivity contribution in [2.24, 2.45) is 0 Å². The minimum Gasteiger partial charge on any atom is -0.376 e. The highest BCUT2D eigenvalue weighted by molar-refractivity contribution is 5.49. The Morgan fingerprint density at radius 1 is 1.47 bits per heavy atom. The van der Waals surface area contributed by atoms with Gasteiger partial charge in [0, 0.05) is 32.8 Å². The summed E-state index contributed by atoms with van der Waals surface area (Å²) in [4.78, 5) is 11.2. The first-order valence-corrected chi connectivity index (χ1v) is 7.13. The van der Waals surface area contributed by atoms with Gasteiger partial charge in [-0.1, -0.05) is 6.92 Å². The van der Waals surface area contributed by atoms with E-state index in [1.165, 1.54) is 0 Å². The van der Waals surface area contributed by atoms with Crippen molar-refractivity contribution in [3.05, 3.63) is 11.9 Å². The van der Waals surface area contributed by atoms with Crippen molar-refractivity contribution in [3.63, 3.8) is 0 Å². The largest absolute Gasteiger partial charge is 0.376 e. The van der Waals surface area contributed by atoms with E-state index in [4.69, 9.17) is 4.74 Å². The fourth-order valence-corrected chi connectivity index (χ4v) is 2.41. The van der Waals surface area contributed by atoms with E-state index < -0.39 is 0 Å². The van der Waals surface area contributed by atoms with Gasteiger partial charge in [0.05, 0.1) is 6.10 Å². The van der Waals surface area contributed by atoms with Crippen LogP contribution in [0.2, 0.25) is 0 Å². The molecule has 1 fully saturated rings. The second kappa shape index (κ2) is 6.70. The molecule has 2 heterocycles. The number of aromatic nitrogens is 2. The van der Waals surface area contributed by atoms with Crippen molar-refractivity contribution in [3.8, 4) is 0 Å². The second-order valence-electron chi connectivity index (χ2n) is 4.99. The standard InChI is InChI=1S/C14H24N4O/c1-4-8-19-12-6-5-7-18(10-12)14-9-13(15-3)16-11(2)17-14/h9,12H,4-8,10H2,1-3H3,(H,15,16,17). The number of rotatable bonds is 5. The summed E-state index contributed by atoms with van der Waals surface area (Å²) in [6.07, 6.45) is 3.72. The van der Waals surface area contributed by atoms with Crippen molar-refractivity contribution in [1.82, 2.24) is 9.97 Å². The van der Waals surface area contributed by atoms with Gasteiger partial charge in [0.25, 0.3) is 0 Å². The Morgan fingerprint density at radius 2 is 2.32 bits per heavy atom. The van der Waals surface area contributed by atoms with Gasteiger partial charge in [0.1, 0.15) is 17.5 Å². The van der Waals surface area contributed by atoms with Gasteiger partial charge in [-0.15, -0.1) is 0 Å². The van der Waals surface area contributed by atoms with E-state index in [2.05, 4.69) is 27.1 Å². The summed E-state index contributed by atoms with van der Waals surface area (Å²) in [5.41, 5.74) is 0. The smallest absolute Gasteiger partial charge is 0.134 e. The van der Waals surface area contributed by atoms with E-state index in [-0.39, 0.29) is 0 Å². The Kier molecular flexibility index (Phi) is 4.96. The first-order chi connectivity index (χ1) is 9.22. The molecular weight excluding hydrogens is 240 g/mol. The number of nitrogens with one attached hydrogen (secondary N) is 1. The second-order valence-corrected chi connectivity index (χ2v) is 4.99. The topological polar surface area (TPSA) is 50.3 Å². The lowest BCUT2D eigenvalue weighted by molar-refractivity contribution is 0.0439. The summed E-state index contributed by atoms with van der Waals surface area (Å²) in [5, 5.41) is 3.08. The minimum atomic E-state index is 0.335. The number of nitrogens with zero attached hydrogens (tertiary/aromatic N) is 3. The van der Waals surface area contributed by atoms with Gasteiger partial charge in [0.15, 0.2) is 0 Å². The number of piperidine rings is 1. The lowest BCUT2D eigenvalue weighted by Crippen LogP contribution is -2.40. The zero-order valence-corrected chi connectivity index (χ0v) is 12.1. The van der Waals surface area contributed by atoms with Crippen LogP contribution >= 0.6 is 0 Å². The highest BCUT2D eigenvalue weighted by atomic mass is 16.5. The molecule has 0 bridgehead atoms. The molecule has 2 rings (SSSR count). The zero-order chi connectivity index (χ0) is 13.7. The van der Waals surface area contributed by atoms with Crippen molar-refractivity contribution >= 4 is 11.6 Å². The van der Waals surface area contributed by atoms with Crippen molar-refractivity contribution in [2.45, 2.75) is 39.2 Å². The number of hydrogen-bond donors (Lipinski definition) is 1. The maximum Gasteiger partial charge on any atom is 0.134 e. The fourth-order valence-electron chi connectivity index (χ4n) is 2.41. The van der Waals surface area contributed by atoms with Crippen LogP contribution in [0.25, 0.3) is 0 Å². The Hall–Kier alpha value is -1.36. The number of aryl methyl sites for hydroxylation is 1. The van der Waals surface area contributed by atoms with E-state index in [1.807, 2.05) is 20.0 Å². The molecule has 0 saturated carbocycles. The van der Waals surface area contributed by atoms with E-state index in [1.54, 1.807) is 0 Å². The third kappa shape index (κ3) is 3.80. The quantitative estimate of drug-likeness (QED) is 0.883. The van der Waals surface area contributed by atoms with Gasteiger partial charge in [-0.25, -0.2) is 9.97 Å². The van der Waals surface area contributed by atoms with E-state index in [0.29, 0.717) is 6.10 Å². The predicted octanol–water partition coefficient (Wildman–Crippen LogP) is 2.22. The van der Waals surface area contributed by atoms with Crippen LogP contribution in [0.5, 0.6) is 0 Å². The molecule has 19 heavy (non-hydrogen) atoms. The average molecular weight is 264 g/mol. The Morgan fingerprint density at radius 3 is 3.05 bits per heavy atom. The normalized spacial score (nSPS) is 19.5. The maximum atomic E-state index is 5.87. The molecule has 0 spiro atoms. The monoisotopic (exact) mass is 264 g/mol. The first-order valence-electron chi connectivity index (χ1n) is 7.13. The molecule has 5 heteroatoms. The van der Waals surface area contributed by atoms with E-state index >= 15 is 0 Å². The Labute approximate surface area is 115 Å². The van der Waals surface area contributed by atoms with Crippen molar-refractivity contribution < 1.29 is 4.74 Å². The number of ether oxygens (including phenoxy) is 1. The van der Waals surface area contributed by atoms with Crippen molar-refractivity contribution in [2.75, 3.05) is 37.0 Å². The molecule has 0 aromatic carbocycles. The van der Waals surface area contributed by atoms with Crippen LogP contribution in [0, 0.1) is 6.92 Å². The molecule has 1 aromatic rings. The Balaban J connectivity index is 2.06. The third-order valence-corrected chi connectivity index (χ3v) is 3.34. The molecule has 1 N–H and O–H groups in total. The van der Waals surface area contributed by atoms with Gasteiger partial charge >= 0.3 is 0 Å². The predicted molar refractivity (Wildman–Crippen MR) is 77.8 cm³/mol. The summed E-state index contributed by atoms with van der Waals surface area (Å²) >= 11 is 0. The first kappa shape index (κ1) is 14.1. The molecule has 5 nitrogen and oxygen atoms in total. The molecule has 1 unspecified atom stereocenters. The molecule has 1 aromatic heterocycles. The third-order valence-electron chi connectivity index (χ3n) is 3.34. The van der Waals surface area contributed by atoms with Gasteiger partial charge in [-0.2, -0.15) is 0 Å². The van der Waals surface area contributed by atoms with Crippen LogP contribution in [0.1, 0.15) is 32.0 Å². The molecule has 1 saturated heterocycles. The number of hydrogen-bond acceptors (Lipinski definition) is 5. The highest BCUT2D eigenvalue weighted by Gasteiger charge is 2.21. The summed E-state index contributed by atoms with van der Waals surface area (Å²) < 4.78 is 5.87. The lowest BCUT2D eigenvalue weighted by atomic mass is 10.1. The molecule has 0 radical (unpaired) electrons. The van der Waals surface area contributed by atoms with Crippen LogP contribution in [-0.4, -0.2) is 42.8 Å². The molecular formula is C14H24N4O. The van der Waals surface area contributed by atoms with E-state index in [0.717, 1.165) is 56.4 Å². The lowest BCUT2D eigenvalue weighted by Gasteiger charge is -2.33. The summed E-state index contributed by atoms with van der Waals surface area (Å²) in [7, 11) is 1.88. The van der Waals surface area contributed by atoms with Crippen molar-refractivity contribution in [1.29, 1.82) is 0 Å². The van der Waals surface area contributed by atoms with Gasteiger partial charge in [-0.3, -0.25) is 0 Å². The summed E-state index contributed by atoms with van der Waals surface area (Å²) in [5.74, 6) is 2.68. The molecule has 0 amide bonds. The molecule has 1 aliphatic heterocycles. The molecule has 1 aliphatic rings. The average Bonchev–Trinajstić information content (AvgIpc) is 2.44. The number of anilines is 2. The molecule has 1 atom stereocenters. The molecule has 0 aliphatic carbocycles. The Bertz CT molecular complexity index is 410. The van der Waals surface area contributed by atoms with Crippen LogP contribution in [0.15, 0.2) is 6.07 Å². The van der Waals surface area contributed by atoms with E-state index in [9.17, 15) is 0 Å². The van der Waals surface area contributed by atoms with Crippen LogP contribution in [0.4, 0.5) is 11.6 Å². The van der Waals surface area contributed by atoms with Crippen LogP contribution < -0.4 is 10.2 Å². The zero-order valence-electron chi connectivity index (χ0n) is 12.1. The van der Waals surface area contributed by atoms with Gasteiger partial charge in [-0.05, 0) is 26.2 Å². The summed E-state index contributed by atoms with van der Waals surface area (Å²) in [6, 6.07) is 2.01. The summed E-state index contributed by atoms with van der Waals surface area (Å²) in [6.45, 7) is 6.90. The van der Waals surface area contributed by atoms with Crippen LogP contribution in [0.3, 0.4) is 0 Å². The van der Waals surface area contributed by atoms with Gasteiger partial charge < -0.3 is 15.0 Å². The fraction of sp³-hybridized carbons (Fsp3) is 0.714.